The molecule has 0 atom stereocenters. The topological polar surface area (TPSA) is 140 Å². The molecule has 2 aromatic heterocycles. The highest BCUT2D eigenvalue weighted by molar-refractivity contribution is 7.89. The summed E-state index contributed by atoms with van der Waals surface area (Å²) in [6.45, 7) is 4.43. The molecule has 0 saturated carbocycles. The lowest BCUT2D eigenvalue weighted by atomic mass is 10.1. The molecule has 11 nitrogen and oxygen atoms in total. The van der Waals surface area contributed by atoms with Crippen LogP contribution in [0.15, 0.2) is 53.6 Å². The number of aromatic nitrogens is 2. The Kier molecular flexibility index (Phi) is 6.92. The van der Waals surface area contributed by atoms with Crippen LogP contribution in [0.1, 0.15) is 10.4 Å². The van der Waals surface area contributed by atoms with E-state index in [9.17, 15) is 18.3 Å². The third-order valence-electron chi connectivity index (χ3n) is 6.25. The van der Waals surface area contributed by atoms with Crippen LogP contribution >= 0.6 is 0 Å². The van der Waals surface area contributed by atoms with Gasteiger partial charge in [0, 0.05) is 62.4 Å². The zero-order valence-corrected chi connectivity index (χ0v) is 20.4. The van der Waals surface area contributed by atoms with Gasteiger partial charge in [-0.1, -0.05) is 6.07 Å². The van der Waals surface area contributed by atoms with Crippen molar-refractivity contribution in [2.24, 2.45) is 0 Å². The number of pyridine rings is 1. The first-order valence-electron chi connectivity index (χ1n) is 11.8. The summed E-state index contributed by atoms with van der Waals surface area (Å²) in [5, 5.41) is 16.2. The Labute approximate surface area is 209 Å². The maximum Gasteiger partial charge on any atom is 0.339 e. The molecule has 2 saturated heterocycles. The van der Waals surface area contributed by atoms with Crippen molar-refractivity contribution in [2.45, 2.75) is 4.90 Å². The van der Waals surface area contributed by atoms with Gasteiger partial charge in [0.2, 0.25) is 10.0 Å². The van der Waals surface area contributed by atoms with Crippen LogP contribution in [-0.2, 0) is 14.8 Å². The van der Waals surface area contributed by atoms with E-state index in [1.54, 1.807) is 48.7 Å². The smallest absolute Gasteiger partial charge is 0.339 e. The number of aromatic carboxylic acids is 1. The molecule has 2 fully saturated rings. The molecule has 4 heterocycles. The Morgan fingerprint density at radius 2 is 1.83 bits per heavy atom. The average Bonchev–Trinajstić information content (AvgIpc) is 3.36. The van der Waals surface area contributed by atoms with Crippen LogP contribution in [0.3, 0.4) is 0 Å². The summed E-state index contributed by atoms with van der Waals surface area (Å²) in [5.74, 6) is 0.103. The van der Waals surface area contributed by atoms with Crippen LogP contribution in [0.5, 0.6) is 0 Å². The van der Waals surface area contributed by atoms with Crippen molar-refractivity contribution >= 4 is 33.3 Å². The Balaban J connectivity index is 1.39. The van der Waals surface area contributed by atoms with E-state index in [0.717, 1.165) is 18.7 Å². The number of piperazine rings is 1. The van der Waals surface area contributed by atoms with E-state index in [4.69, 9.17) is 4.74 Å². The molecular weight excluding hydrogens is 484 g/mol. The van der Waals surface area contributed by atoms with Gasteiger partial charge in [-0.15, -0.1) is 0 Å². The second kappa shape index (κ2) is 10.3. The fourth-order valence-corrected chi connectivity index (χ4v) is 5.84. The molecule has 0 radical (unpaired) electrons. The Bertz CT molecular complexity index is 1350. The Morgan fingerprint density at radius 1 is 1.06 bits per heavy atom. The first-order chi connectivity index (χ1) is 17.4. The molecule has 2 aliphatic heterocycles. The number of carboxylic acid groups (broad SMARTS) is 1. The highest BCUT2D eigenvalue weighted by Gasteiger charge is 2.26. The number of carboxylic acids is 1. The van der Waals surface area contributed by atoms with Gasteiger partial charge in [-0.25, -0.2) is 18.2 Å². The van der Waals surface area contributed by atoms with Crippen molar-refractivity contribution in [3.8, 4) is 11.3 Å². The fraction of sp³-hybridized carbons (Fsp3) is 0.333. The summed E-state index contributed by atoms with van der Waals surface area (Å²) in [6, 6.07) is 11.8. The Hall–Kier alpha value is -3.45. The average molecular weight is 513 g/mol. The van der Waals surface area contributed by atoms with Crippen LogP contribution in [0, 0.1) is 0 Å². The number of rotatable bonds is 7. The van der Waals surface area contributed by atoms with Gasteiger partial charge in [-0.2, -0.15) is 4.31 Å². The van der Waals surface area contributed by atoms with E-state index >= 15 is 0 Å². The van der Waals surface area contributed by atoms with E-state index < -0.39 is 16.0 Å². The van der Waals surface area contributed by atoms with Gasteiger partial charge in [-0.05, 0) is 36.4 Å². The van der Waals surface area contributed by atoms with Crippen molar-refractivity contribution < 1.29 is 23.1 Å². The van der Waals surface area contributed by atoms with Crippen LogP contribution in [0.25, 0.3) is 11.3 Å². The number of morpholine rings is 1. The maximum atomic E-state index is 13.0. The third-order valence-corrected chi connectivity index (χ3v) is 8.14. The maximum absolute atomic E-state index is 13.0. The van der Waals surface area contributed by atoms with Crippen molar-refractivity contribution in [2.75, 3.05) is 62.7 Å². The van der Waals surface area contributed by atoms with Crippen LogP contribution in [0.4, 0.5) is 17.3 Å². The molecule has 2 aliphatic rings. The first kappa shape index (κ1) is 24.3. The largest absolute Gasteiger partial charge is 0.478 e. The number of benzene rings is 1. The molecule has 190 valence electrons. The van der Waals surface area contributed by atoms with E-state index in [2.05, 4.69) is 20.6 Å². The number of ether oxygens (including phenoxy) is 1. The van der Waals surface area contributed by atoms with Crippen LogP contribution in [0.2, 0.25) is 0 Å². The van der Waals surface area contributed by atoms with Gasteiger partial charge in [0.05, 0.1) is 18.1 Å². The minimum Gasteiger partial charge on any atom is -0.478 e. The monoisotopic (exact) mass is 512 g/mol. The third kappa shape index (κ3) is 5.07. The van der Waals surface area contributed by atoms with Crippen LogP contribution < -0.4 is 15.5 Å². The summed E-state index contributed by atoms with van der Waals surface area (Å²) >= 11 is 0. The van der Waals surface area contributed by atoms with E-state index in [1.165, 1.54) is 4.31 Å². The summed E-state index contributed by atoms with van der Waals surface area (Å²) in [5.41, 5.74) is 2.22. The van der Waals surface area contributed by atoms with Crippen LogP contribution in [-0.4, -0.2) is 86.2 Å². The SMILES string of the molecule is O=C(O)c1cc(-c2ccnc(Nc3cccc(S(=O)(=O)N4CCOCC4)c3)c2)[nH]c1N1CCNCC1. The standard InChI is InChI=1S/C24H28N6O5S/c31-24(32)20-16-21(28-23(20)29-8-6-25-7-9-29)17-4-5-26-22(14-17)27-18-2-1-3-19(15-18)36(33,34)30-10-12-35-13-11-30/h1-5,14-16,25,28H,6-13H2,(H,26,27)(H,31,32). The minimum atomic E-state index is -3.63. The molecule has 0 bridgehead atoms. The molecule has 1 aromatic carbocycles. The molecule has 0 amide bonds. The molecule has 12 heteroatoms. The summed E-state index contributed by atoms with van der Waals surface area (Å²) in [7, 11) is -3.63. The van der Waals surface area contributed by atoms with E-state index in [0.29, 0.717) is 62.4 Å². The zero-order valence-electron chi connectivity index (χ0n) is 19.6. The molecule has 4 N–H and O–H groups in total. The number of H-pyrrole nitrogens is 1. The van der Waals surface area contributed by atoms with Crippen molar-refractivity contribution in [3.63, 3.8) is 0 Å². The fourth-order valence-electron chi connectivity index (χ4n) is 4.38. The van der Waals surface area contributed by atoms with Crippen molar-refractivity contribution in [3.05, 3.63) is 54.2 Å². The second-order valence-corrected chi connectivity index (χ2v) is 10.5. The number of nitrogens with zero attached hydrogens (tertiary/aromatic N) is 3. The molecule has 0 aliphatic carbocycles. The number of sulfonamides is 1. The lowest BCUT2D eigenvalue weighted by molar-refractivity contribution is 0.0697. The van der Waals surface area contributed by atoms with Gasteiger partial charge in [0.1, 0.15) is 17.2 Å². The summed E-state index contributed by atoms with van der Waals surface area (Å²) in [6.07, 6.45) is 1.62. The molecule has 3 aromatic rings. The number of anilines is 3. The molecule has 5 rings (SSSR count). The minimum absolute atomic E-state index is 0.196. The normalized spacial score (nSPS) is 17.2. The first-order valence-corrected chi connectivity index (χ1v) is 13.2. The number of hydrogen-bond acceptors (Lipinski definition) is 8. The van der Waals surface area contributed by atoms with Crippen molar-refractivity contribution in [1.82, 2.24) is 19.6 Å². The van der Waals surface area contributed by atoms with Crippen molar-refractivity contribution in [1.29, 1.82) is 0 Å². The molecule has 36 heavy (non-hydrogen) atoms. The lowest BCUT2D eigenvalue weighted by Gasteiger charge is -2.28. The van der Waals surface area contributed by atoms with Gasteiger partial charge in [0.25, 0.3) is 0 Å². The van der Waals surface area contributed by atoms with Gasteiger partial charge in [0.15, 0.2) is 0 Å². The lowest BCUT2D eigenvalue weighted by Crippen LogP contribution is -2.44. The number of aromatic amines is 1. The molecular formula is C24H28N6O5S. The van der Waals surface area contributed by atoms with E-state index in [1.807, 2.05) is 4.90 Å². The number of hydrogen-bond donors (Lipinski definition) is 4. The second-order valence-electron chi connectivity index (χ2n) is 8.59. The highest BCUT2D eigenvalue weighted by atomic mass is 32.2. The predicted molar refractivity (Wildman–Crippen MR) is 135 cm³/mol. The number of nitrogens with one attached hydrogen (secondary N) is 3. The van der Waals surface area contributed by atoms with E-state index in [-0.39, 0.29) is 10.5 Å². The molecule has 0 spiro atoms. The summed E-state index contributed by atoms with van der Waals surface area (Å²) < 4.78 is 32.7. The number of carbonyl (C=O) groups is 1. The van der Waals surface area contributed by atoms with Gasteiger partial charge in [-0.3, -0.25) is 0 Å². The zero-order chi connectivity index (χ0) is 25.1. The quantitative estimate of drug-likeness (QED) is 0.374. The predicted octanol–water partition coefficient (Wildman–Crippen LogP) is 1.95. The Morgan fingerprint density at radius 3 is 2.58 bits per heavy atom. The van der Waals surface area contributed by atoms with Gasteiger partial charge < -0.3 is 30.4 Å². The molecule has 0 unspecified atom stereocenters. The van der Waals surface area contributed by atoms with Gasteiger partial charge >= 0.3 is 5.97 Å². The highest BCUT2D eigenvalue weighted by Crippen LogP contribution is 2.30. The summed E-state index contributed by atoms with van der Waals surface area (Å²) in [4.78, 5) is 21.8.